The van der Waals surface area contributed by atoms with E-state index < -0.39 is 0 Å². The number of nitrogens with two attached hydrogens (primary N) is 1. The standard InChI is InChI=1S/C13H15N3O2/c1-8-7-15-16(2)12(8)13(17)9-5-4-6-10(18-3)11(9)14/h4-7H,14H2,1-3H3. The molecule has 0 radical (unpaired) electrons. The van der Waals surface area contributed by atoms with Gasteiger partial charge in [0.25, 0.3) is 0 Å². The van der Waals surface area contributed by atoms with Crippen molar-refractivity contribution in [1.29, 1.82) is 0 Å². The molecule has 0 spiro atoms. The average Bonchev–Trinajstić information content (AvgIpc) is 2.68. The molecule has 0 amide bonds. The molecule has 0 saturated heterocycles. The Hall–Kier alpha value is -2.30. The van der Waals surface area contributed by atoms with E-state index in [-0.39, 0.29) is 5.78 Å². The lowest BCUT2D eigenvalue weighted by Gasteiger charge is -2.09. The molecule has 0 unspecified atom stereocenters. The first-order chi connectivity index (χ1) is 8.56. The van der Waals surface area contributed by atoms with E-state index in [0.29, 0.717) is 22.7 Å². The Balaban J connectivity index is 2.53. The van der Waals surface area contributed by atoms with Gasteiger partial charge in [0.1, 0.15) is 11.4 Å². The molecule has 2 N–H and O–H groups in total. The van der Waals surface area contributed by atoms with Gasteiger partial charge in [0.15, 0.2) is 0 Å². The van der Waals surface area contributed by atoms with Crippen LogP contribution in [-0.4, -0.2) is 22.7 Å². The summed E-state index contributed by atoms with van der Waals surface area (Å²) in [5.74, 6) is 0.351. The molecule has 1 heterocycles. The van der Waals surface area contributed by atoms with Gasteiger partial charge in [-0.1, -0.05) is 6.07 Å². The summed E-state index contributed by atoms with van der Waals surface area (Å²) in [5.41, 5.74) is 8.07. The summed E-state index contributed by atoms with van der Waals surface area (Å²) in [4.78, 5) is 12.4. The summed E-state index contributed by atoms with van der Waals surface area (Å²) < 4.78 is 6.67. The molecule has 5 nitrogen and oxygen atoms in total. The Bertz CT molecular complexity index is 583. The quantitative estimate of drug-likeness (QED) is 0.658. The summed E-state index contributed by atoms with van der Waals surface area (Å²) in [6, 6.07) is 5.16. The van der Waals surface area contributed by atoms with E-state index in [1.165, 1.54) is 7.11 Å². The lowest BCUT2D eigenvalue weighted by atomic mass is 10.0. The number of carbonyl (C=O) groups excluding carboxylic acids is 1. The molecule has 0 aliphatic carbocycles. The molecule has 0 fully saturated rings. The van der Waals surface area contributed by atoms with Crippen LogP contribution in [0.5, 0.6) is 5.75 Å². The zero-order chi connectivity index (χ0) is 13.3. The third-order valence-electron chi connectivity index (χ3n) is 2.87. The largest absolute Gasteiger partial charge is 0.495 e. The molecule has 0 saturated carbocycles. The van der Waals surface area contributed by atoms with Crippen LogP contribution >= 0.6 is 0 Å². The van der Waals surface area contributed by atoms with Crippen LogP contribution in [0.25, 0.3) is 0 Å². The maximum Gasteiger partial charge on any atom is 0.213 e. The third kappa shape index (κ3) is 1.84. The molecule has 0 atom stereocenters. The lowest BCUT2D eigenvalue weighted by molar-refractivity contribution is 0.103. The van der Waals surface area contributed by atoms with Crippen LogP contribution < -0.4 is 10.5 Å². The first-order valence-electron chi connectivity index (χ1n) is 5.52. The van der Waals surface area contributed by atoms with Gasteiger partial charge in [0, 0.05) is 7.05 Å². The van der Waals surface area contributed by atoms with Crippen molar-refractivity contribution in [1.82, 2.24) is 9.78 Å². The maximum atomic E-state index is 12.4. The van der Waals surface area contributed by atoms with Gasteiger partial charge >= 0.3 is 0 Å². The number of methoxy groups -OCH3 is 1. The van der Waals surface area contributed by atoms with E-state index in [0.717, 1.165) is 5.56 Å². The maximum absolute atomic E-state index is 12.4. The van der Waals surface area contributed by atoms with E-state index in [4.69, 9.17) is 10.5 Å². The van der Waals surface area contributed by atoms with Crippen LogP contribution in [-0.2, 0) is 7.05 Å². The minimum Gasteiger partial charge on any atom is -0.495 e. The van der Waals surface area contributed by atoms with Crippen LogP contribution in [0.2, 0.25) is 0 Å². The zero-order valence-electron chi connectivity index (χ0n) is 10.6. The topological polar surface area (TPSA) is 70.1 Å². The Morgan fingerprint density at radius 1 is 1.44 bits per heavy atom. The van der Waals surface area contributed by atoms with Crippen molar-refractivity contribution in [3.63, 3.8) is 0 Å². The Kier molecular flexibility index (Phi) is 3.06. The highest BCUT2D eigenvalue weighted by molar-refractivity contribution is 6.12. The third-order valence-corrected chi connectivity index (χ3v) is 2.87. The van der Waals surface area contributed by atoms with E-state index in [1.54, 1.807) is 36.1 Å². The van der Waals surface area contributed by atoms with Crippen molar-refractivity contribution in [3.8, 4) is 5.75 Å². The molecule has 18 heavy (non-hydrogen) atoms. The van der Waals surface area contributed by atoms with Gasteiger partial charge in [-0.3, -0.25) is 9.48 Å². The van der Waals surface area contributed by atoms with Gasteiger partial charge < -0.3 is 10.5 Å². The van der Waals surface area contributed by atoms with Crippen molar-refractivity contribution in [2.45, 2.75) is 6.92 Å². The summed E-state index contributed by atoms with van der Waals surface area (Å²) in [6.45, 7) is 1.84. The van der Waals surface area contributed by atoms with Crippen molar-refractivity contribution < 1.29 is 9.53 Å². The number of anilines is 1. The predicted molar refractivity (Wildman–Crippen MR) is 68.8 cm³/mol. The molecular weight excluding hydrogens is 230 g/mol. The predicted octanol–water partition coefficient (Wildman–Crippen LogP) is 1.55. The molecular formula is C13H15N3O2. The highest BCUT2D eigenvalue weighted by atomic mass is 16.5. The Labute approximate surface area is 105 Å². The summed E-state index contributed by atoms with van der Waals surface area (Å²) in [5, 5.41) is 4.06. The first kappa shape index (κ1) is 12.2. The smallest absolute Gasteiger partial charge is 0.213 e. The number of carbonyl (C=O) groups is 1. The Morgan fingerprint density at radius 3 is 2.72 bits per heavy atom. The number of rotatable bonds is 3. The van der Waals surface area contributed by atoms with E-state index in [1.807, 2.05) is 6.92 Å². The van der Waals surface area contributed by atoms with Crippen LogP contribution in [0.3, 0.4) is 0 Å². The number of hydrogen-bond donors (Lipinski definition) is 1. The van der Waals surface area contributed by atoms with Gasteiger partial charge in [0.2, 0.25) is 5.78 Å². The van der Waals surface area contributed by atoms with E-state index >= 15 is 0 Å². The lowest BCUT2D eigenvalue weighted by Crippen LogP contribution is -2.12. The van der Waals surface area contributed by atoms with Gasteiger partial charge in [-0.25, -0.2) is 0 Å². The number of ether oxygens (including phenoxy) is 1. The normalized spacial score (nSPS) is 10.4. The molecule has 94 valence electrons. The molecule has 0 bridgehead atoms. The second-order valence-electron chi connectivity index (χ2n) is 4.05. The van der Waals surface area contributed by atoms with Crippen LogP contribution in [0.15, 0.2) is 24.4 Å². The number of benzene rings is 1. The fourth-order valence-electron chi connectivity index (χ4n) is 1.92. The van der Waals surface area contributed by atoms with Gasteiger partial charge in [-0.2, -0.15) is 5.10 Å². The second kappa shape index (κ2) is 4.52. The summed E-state index contributed by atoms with van der Waals surface area (Å²) >= 11 is 0. The zero-order valence-corrected chi connectivity index (χ0v) is 10.6. The average molecular weight is 245 g/mol. The van der Waals surface area contributed by atoms with Gasteiger partial charge in [-0.05, 0) is 24.6 Å². The van der Waals surface area contributed by atoms with Crippen LogP contribution in [0.4, 0.5) is 5.69 Å². The number of nitrogens with zero attached hydrogens (tertiary/aromatic N) is 2. The van der Waals surface area contributed by atoms with Crippen molar-refractivity contribution in [2.75, 3.05) is 12.8 Å². The molecule has 1 aromatic heterocycles. The van der Waals surface area contributed by atoms with Crippen LogP contribution in [0.1, 0.15) is 21.6 Å². The number of hydrogen-bond acceptors (Lipinski definition) is 4. The number of aryl methyl sites for hydroxylation is 2. The molecule has 1 aromatic carbocycles. The van der Waals surface area contributed by atoms with Gasteiger partial charge in [-0.15, -0.1) is 0 Å². The highest BCUT2D eigenvalue weighted by Gasteiger charge is 2.19. The van der Waals surface area contributed by atoms with E-state index in [2.05, 4.69) is 5.10 Å². The fraction of sp³-hybridized carbons (Fsp3) is 0.231. The van der Waals surface area contributed by atoms with Crippen LogP contribution in [0, 0.1) is 6.92 Å². The fourth-order valence-corrected chi connectivity index (χ4v) is 1.92. The number of nitrogen functional groups attached to an aromatic ring is 1. The number of aromatic nitrogens is 2. The first-order valence-corrected chi connectivity index (χ1v) is 5.52. The highest BCUT2D eigenvalue weighted by Crippen LogP contribution is 2.27. The molecule has 2 aromatic rings. The SMILES string of the molecule is COc1cccc(C(=O)c2c(C)cnn2C)c1N. The monoisotopic (exact) mass is 245 g/mol. The molecule has 0 aliphatic heterocycles. The second-order valence-corrected chi connectivity index (χ2v) is 4.05. The van der Waals surface area contributed by atoms with E-state index in [9.17, 15) is 4.79 Å². The Morgan fingerprint density at radius 2 is 2.17 bits per heavy atom. The van der Waals surface area contributed by atoms with Crippen molar-refractivity contribution >= 4 is 11.5 Å². The number of ketones is 1. The molecule has 5 heteroatoms. The van der Waals surface area contributed by atoms with Crippen molar-refractivity contribution in [3.05, 3.63) is 41.2 Å². The summed E-state index contributed by atoms with van der Waals surface area (Å²) in [7, 11) is 3.26. The molecule has 2 rings (SSSR count). The minimum absolute atomic E-state index is 0.149. The van der Waals surface area contributed by atoms with Gasteiger partial charge in [0.05, 0.1) is 24.6 Å². The minimum atomic E-state index is -0.149. The number of para-hydroxylation sites is 1. The summed E-state index contributed by atoms with van der Waals surface area (Å²) in [6.07, 6.45) is 1.66. The van der Waals surface area contributed by atoms with Crippen molar-refractivity contribution in [2.24, 2.45) is 7.05 Å². The molecule has 0 aliphatic rings.